The molecule has 0 aromatic carbocycles. The first-order valence-electron chi connectivity index (χ1n) is 9.08. The Hall–Kier alpha value is 0.980. The van der Waals surface area contributed by atoms with E-state index in [1.165, 1.54) is 94.7 Å². The lowest BCUT2D eigenvalue weighted by Gasteiger charge is -2.35. The Bertz CT molecular complexity index is 202. The minimum atomic E-state index is 0. The van der Waals surface area contributed by atoms with Crippen LogP contribution in [0.15, 0.2) is 0 Å². The molecular weight excluding hydrogens is 393 g/mol. The number of hydrogen-bond acceptors (Lipinski definition) is 0. The highest BCUT2D eigenvalue weighted by Crippen LogP contribution is 2.14. The van der Waals surface area contributed by atoms with Crippen LogP contribution in [0.25, 0.3) is 0 Å². The van der Waals surface area contributed by atoms with Crippen molar-refractivity contribution in [1.82, 2.24) is 0 Å². The van der Waals surface area contributed by atoms with Gasteiger partial charge in [-0.2, -0.15) is 0 Å². The highest BCUT2D eigenvalue weighted by atomic mass is 127. The summed E-state index contributed by atoms with van der Waals surface area (Å²) in [7, 11) is 2.45. The first-order valence-corrected chi connectivity index (χ1v) is 9.61. The van der Waals surface area contributed by atoms with Gasteiger partial charge in [-0.25, -0.2) is 0 Å². The summed E-state index contributed by atoms with van der Waals surface area (Å²) in [5.74, 6) is 0.819. The second kappa shape index (κ2) is 17.3. The van der Waals surface area contributed by atoms with Crippen LogP contribution in [0.3, 0.4) is 0 Å². The van der Waals surface area contributed by atoms with E-state index in [2.05, 4.69) is 20.9 Å². The van der Waals surface area contributed by atoms with Crippen molar-refractivity contribution in [3.05, 3.63) is 0 Å². The molecule has 0 aromatic rings. The van der Waals surface area contributed by atoms with Crippen LogP contribution in [0.2, 0.25) is 0 Å². The van der Waals surface area contributed by atoms with E-state index >= 15 is 0 Å². The van der Waals surface area contributed by atoms with Crippen molar-refractivity contribution in [2.45, 2.75) is 84.5 Å². The molecule has 0 saturated heterocycles. The smallest absolute Gasteiger partial charge is 0.0796 e. The van der Waals surface area contributed by atoms with Crippen molar-refractivity contribution in [3.8, 4) is 0 Å². The molecule has 21 heavy (non-hydrogen) atoms. The molecule has 0 amide bonds. The highest BCUT2D eigenvalue weighted by molar-refractivity contribution is 6.17. The first kappa shape index (κ1) is 24.2. The molecule has 1 unspecified atom stereocenters. The van der Waals surface area contributed by atoms with Crippen LogP contribution in [-0.4, -0.2) is 37.0 Å². The van der Waals surface area contributed by atoms with Crippen molar-refractivity contribution < 1.29 is 28.5 Å². The number of hydrogen-bond donors (Lipinski definition) is 0. The van der Waals surface area contributed by atoms with Crippen molar-refractivity contribution in [2.24, 2.45) is 0 Å². The molecule has 0 aliphatic heterocycles. The fourth-order valence-corrected chi connectivity index (χ4v) is 3.09. The second-order valence-corrected chi connectivity index (χ2v) is 7.04. The summed E-state index contributed by atoms with van der Waals surface area (Å²) >= 11 is 5.90. The quantitative estimate of drug-likeness (QED) is 0.162. The SMILES string of the molecule is CCCCCCCC[N+](C)(CCCCl)CCCCCC.[I-]. The topological polar surface area (TPSA) is 0 Å². The highest BCUT2D eigenvalue weighted by Gasteiger charge is 2.19. The summed E-state index contributed by atoms with van der Waals surface area (Å²) < 4.78 is 1.25. The average Bonchev–Trinajstić information content (AvgIpc) is 2.45. The summed E-state index contributed by atoms with van der Waals surface area (Å²) in [6, 6.07) is 0. The van der Waals surface area contributed by atoms with Gasteiger partial charge in [0.25, 0.3) is 0 Å². The molecule has 0 aliphatic rings. The standard InChI is InChI=1S/C18H39ClN.HI/c1-4-6-8-10-11-13-17-20(3,18-14-15-19)16-12-9-7-5-2;/h4-18H2,1-3H3;1H/q+1;/p-1. The molecule has 3 heteroatoms. The Morgan fingerprint density at radius 2 is 1.00 bits per heavy atom. The number of alkyl halides is 1. The third-order valence-corrected chi connectivity index (χ3v) is 4.70. The molecule has 0 radical (unpaired) electrons. The molecule has 0 fully saturated rings. The fraction of sp³-hybridized carbons (Fsp3) is 1.00. The predicted octanol–water partition coefficient (Wildman–Crippen LogP) is 3.01. The molecule has 0 saturated carbocycles. The van der Waals surface area contributed by atoms with Gasteiger partial charge in [-0.1, -0.05) is 52.4 Å². The van der Waals surface area contributed by atoms with Crippen LogP contribution in [0, 0.1) is 0 Å². The van der Waals surface area contributed by atoms with E-state index < -0.39 is 0 Å². The first-order chi connectivity index (χ1) is 9.68. The number of halogens is 2. The zero-order valence-electron chi connectivity index (χ0n) is 14.8. The molecule has 0 spiro atoms. The summed E-state index contributed by atoms with van der Waals surface area (Å²) in [6.07, 6.45) is 15.1. The normalized spacial score (nSPS) is 13.7. The third kappa shape index (κ3) is 15.6. The maximum atomic E-state index is 5.90. The Morgan fingerprint density at radius 3 is 1.48 bits per heavy atom. The molecule has 130 valence electrons. The zero-order chi connectivity index (χ0) is 15.1. The largest absolute Gasteiger partial charge is 1.00 e. The van der Waals surface area contributed by atoms with Gasteiger partial charge in [0.1, 0.15) is 0 Å². The number of quaternary nitrogens is 1. The summed E-state index contributed by atoms with van der Waals surface area (Å²) in [5, 5.41) is 0. The van der Waals surface area contributed by atoms with E-state index in [9.17, 15) is 0 Å². The van der Waals surface area contributed by atoms with Gasteiger partial charge in [0.05, 0.1) is 26.7 Å². The number of unbranched alkanes of at least 4 members (excludes halogenated alkanes) is 8. The average molecular weight is 432 g/mol. The van der Waals surface area contributed by atoms with E-state index in [1.807, 2.05) is 0 Å². The lowest BCUT2D eigenvalue weighted by molar-refractivity contribution is -0.910. The predicted molar refractivity (Wildman–Crippen MR) is 93.6 cm³/mol. The molecule has 1 atom stereocenters. The van der Waals surface area contributed by atoms with Crippen molar-refractivity contribution in [1.29, 1.82) is 0 Å². The summed E-state index contributed by atoms with van der Waals surface area (Å²) in [5.41, 5.74) is 0. The molecule has 0 aromatic heterocycles. The lowest BCUT2D eigenvalue weighted by atomic mass is 10.1. The molecule has 0 N–H and O–H groups in total. The van der Waals surface area contributed by atoms with Crippen LogP contribution < -0.4 is 24.0 Å². The van der Waals surface area contributed by atoms with Crippen LogP contribution in [0.5, 0.6) is 0 Å². The zero-order valence-corrected chi connectivity index (χ0v) is 17.7. The molecule has 0 bridgehead atoms. The Labute approximate surface area is 156 Å². The van der Waals surface area contributed by atoms with Crippen molar-refractivity contribution in [3.63, 3.8) is 0 Å². The molecular formula is C18H39ClIN. The van der Waals surface area contributed by atoms with Gasteiger partial charge < -0.3 is 28.5 Å². The lowest BCUT2D eigenvalue weighted by Crippen LogP contribution is -3.00. The van der Waals surface area contributed by atoms with Crippen molar-refractivity contribution in [2.75, 3.05) is 32.6 Å². The maximum absolute atomic E-state index is 5.90. The summed E-state index contributed by atoms with van der Waals surface area (Å²) in [6.45, 7) is 8.56. The van der Waals surface area contributed by atoms with E-state index in [0.717, 1.165) is 5.88 Å². The molecule has 0 heterocycles. The monoisotopic (exact) mass is 431 g/mol. The Balaban J connectivity index is 0. The van der Waals surface area contributed by atoms with Crippen LogP contribution in [0.1, 0.15) is 84.5 Å². The van der Waals surface area contributed by atoms with Gasteiger partial charge in [-0.05, 0) is 25.7 Å². The van der Waals surface area contributed by atoms with E-state index in [-0.39, 0.29) is 24.0 Å². The van der Waals surface area contributed by atoms with Crippen LogP contribution in [0.4, 0.5) is 0 Å². The van der Waals surface area contributed by atoms with E-state index in [4.69, 9.17) is 11.6 Å². The minimum absolute atomic E-state index is 0. The van der Waals surface area contributed by atoms with Gasteiger partial charge in [0.2, 0.25) is 0 Å². The second-order valence-electron chi connectivity index (χ2n) is 6.66. The minimum Gasteiger partial charge on any atom is -1.00 e. The molecule has 0 aliphatic carbocycles. The van der Waals surface area contributed by atoms with Gasteiger partial charge in [-0.15, -0.1) is 11.6 Å². The fourth-order valence-electron chi connectivity index (χ4n) is 2.97. The summed E-state index contributed by atoms with van der Waals surface area (Å²) in [4.78, 5) is 0. The van der Waals surface area contributed by atoms with Gasteiger partial charge in [-0.3, -0.25) is 0 Å². The van der Waals surface area contributed by atoms with Crippen molar-refractivity contribution >= 4 is 11.6 Å². The number of nitrogens with zero attached hydrogens (tertiary/aromatic N) is 1. The third-order valence-electron chi connectivity index (χ3n) is 4.43. The van der Waals surface area contributed by atoms with E-state index in [1.54, 1.807) is 0 Å². The Kier molecular flexibility index (Phi) is 20.0. The van der Waals surface area contributed by atoms with Gasteiger partial charge in [0, 0.05) is 12.3 Å². The van der Waals surface area contributed by atoms with Gasteiger partial charge in [0.15, 0.2) is 0 Å². The van der Waals surface area contributed by atoms with Crippen LogP contribution in [-0.2, 0) is 0 Å². The van der Waals surface area contributed by atoms with E-state index in [0.29, 0.717) is 0 Å². The molecule has 1 nitrogen and oxygen atoms in total. The van der Waals surface area contributed by atoms with Gasteiger partial charge >= 0.3 is 0 Å². The molecule has 0 rings (SSSR count). The Morgan fingerprint density at radius 1 is 0.619 bits per heavy atom. The maximum Gasteiger partial charge on any atom is 0.0796 e. The van der Waals surface area contributed by atoms with Crippen LogP contribution >= 0.6 is 11.6 Å². The number of rotatable bonds is 15.